The lowest BCUT2D eigenvalue weighted by Crippen LogP contribution is -2.14. The van der Waals surface area contributed by atoms with Gasteiger partial charge in [-0.05, 0) is 56.6 Å². The van der Waals surface area contributed by atoms with Gasteiger partial charge in [-0.3, -0.25) is 9.59 Å². The smallest absolute Gasteiger partial charge is 0.303 e. The van der Waals surface area contributed by atoms with Crippen LogP contribution < -0.4 is 0 Å². The largest absolute Gasteiger partial charge is 0.481 e. The Morgan fingerprint density at radius 1 is 1.33 bits per heavy atom. The number of unbranched alkanes of at least 4 members (excludes halogenated alkanes) is 1. The quantitative estimate of drug-likeness (QED) is 0.420. The molecule has 0 bridgehead atoms. The molecule has 0 radical (unpaired) electrons. The van der Waals surface area contributed by atoms with Crippen molar-refractivity contribution in [2.75, 3.05) is 0 Å². The molecule has 1 aromatic heterocycles. The number of aliphatic hydroxyl groups is 1. The first-order valence-corrected chi connectivity index (χ1v) is 9.84. The van der Waals surface area contributed by atoms with Crippen molar-refractivity contribution in [3.63, 3.8) is 0 Å². The molecule has 5 heteroatoms. The van der Waals surface area contributed by atoms with E-state index in [1.54, 1.807) is 6.26 Å². The van der Waals surface area contributed by atoms with Crippen LogP contribution in [0.2, 0.25) is 0 Å². The molecule has 1 aliphatic carbocycles. The number of Topliss-reactive ketones (excluding diaryl/α,β-unsaturated/α-hetero) is 1. The van der Waals surface area contributed by atoms with Crippen molar-refractivity contribution in [2.45, 2.75) is 63.9 Å². The van der Waals surface area contributed by atoms with E-state index in [1.807, 2.05) is 36.4 Å². The number of carbonyl (C=O) groups excluding carboxylic acids is 1. The first-order chi connectivity index (χ1) is 13.1. The number of allylic oxidation sites excluding steroid dienone is 3. The molecule has 0 aliphatic heterocycles. The van der Waals surface area contributed by atoms with Crippen LogP contribution in [0, 0.1) is 11.8 Å². The maximum atomic E-state index is 12.2. The first-order valence-electron chi connectivity index (χ1n) is 9.84. The molecule has 1 aromatic rings. The third-order valence-corrected chi connectivity index (χ3v) is 5.08. The number of ketones is 1. The minimum absolute atomic E-state index is 0.0472. The zero-order valence-corrected chi connectivity index (χ0v) is 15.8. The Balaban J connectivity index is 1.70. The van der Waals surface area contributed by atoms with E-state index >= 15 is 0 Å². The number of hydrogen-bond acceptors (Lipinski definition) is 4. The van der Waals surface area contributed by atoms with E-state index in [-0.39, 0.29) is 18.3 Å². The normalized spacial score (nSPS) is 21.4. The van der Waals surface area contributed by atoms with Crippen LogP contribution in [-0.2, 0) is 16.0 Å². The molecular weight excluding hydrogens is 344 g/mol. The van der Waals surface area contributed by atoms with Crippen LogP contribution in [-0.4, -0.2) is 28.1 Å². The number of aliphatic hydroxyl groups excluding tert-OH is 1. The fourth-order valence-corrected chi connectivity index (χ4v) is 3.55. The summed E-state index contributed by atoms with van der Waals surface area (Å²) in [6, 6.07) is 3.74. The molecule has 148 valence electrons. The molecule has 2 rings (SSSR count). The highest BCUT2D eigenvalue weighted by Gasteiger charge is 2.32. The van der Waals surface area contributed by atoms with Crippen LogP contribution in [0.1, 0.15) is 57.1 Å². The highest BCUT2D eigenvalue weighted by Crippen LogP contribution is 2.33. The summed E-state index contributed by atoms with van der Waals surface area (Å²) in [7, 11) is 0. The van der Waals surface area contributed by atoms with Crippen LogP contribution in [0.25, 0.3) is 0 Å². The van der Waals surface area contributed by atoms with E-state index in [9.17, 15) is 14.7 Å². The van der Waals surface area contributed by atoms with Crippen LogP contribution in [0.3, 0.4) is 0 Å². The number of carbonyl (C=O) groups is 2. The molecule has 1 saturated carbocycles. The fourth-order valence-electron chi connectivity index (χ4n) is 3.55. The van der Waals surface area contributed by atoms with Crippen LogP contribution in [0.5, 0.6) is 0 Å². The van der Waals surface area contributed by atoms with Crippen molar-refractivity contribution in [2.24, 2.45) is 11.8 Å². The van der Waals surface area contributed by atoms with Crippen molar-refractivity contribution in [3.05, 3.63) is 48.5 Å². The Kier molecular flexibility index (Phi) is 9.05. The average molecular weight is 374 g/mol. The van der Waals surface area contributed by atoms with Crippen LogP contribution in [0.15, 0.2) is 47.1 Å². The van der Waals surface area contributed by atoms with E-state index in [4.69, 9.17) is 9.52 Å². The van der Waals surface area contributed by atoms with Gasteiger partial charge in [0.05, 0.1) is 12.4 Å². The summed E-state index contributed by atoms with van der Waals surface area (Å²) in [6.45, 7) is 0. The topological polar surface area (TPSA) is 87.7 Å². The van der Waals surface area contributed by atoms with Gasteiger partial charge in [0.2, 0.25) is 0 Å². The summed E-state index contributed by atoms with van der Waals surface area (Å²) < 4.78 is 5.27. The highest BCUT2D eigenvalue weighted by atomic mass is 16.4. The van der Waals surface area contributed by atoms with Crippen LogP contribution >= 0.6 is 0 Å². The highest BCUT2D eigenvalue weighted by molar-refractivity contribution is 5.83. The van der Waals surface area contributed by atoms with E-state index < -0.39 is 12.1 Å². The van der Waals surface area contributed by atoms with Gasteiger partial charge in [0.1, 0.15) is 11.5 Å². The lowest BCUT2D eigenvalue weighted by atomic mass is 9.89. The van der Waals surface area contributed by atoms with Gasteiger partial charge in [-0.2, -0.15) is 0 Å². The molecule has 1 fully saturated rings. The molecule has 5 nitrogen and oxygen atoms in total. The second-order valence-corrected chi connectivity index (χ2v) is 7.18. The Labute approximate surface area is 160 Å². The molecular formula is C22H30O5. The summed E-state index contributed by atoms with van der Waals surface area (Å²) in [6.07, 6.45) is 15.0. The number of rotatable bonds is 12. The second kappa shape index (κ2) is 11.5. The van der Waals surface area contributed by atoms with Crippen LogP contribution in [0.4, 0.5) is 0 Å². The lowest BCUT2D eigenvalue weighted by molar-refractivity contribution is -0.136. The molecule has 27 heavy (non-hydrogen) atoms. The number of carboxylic acid groups (broad SMARTS) is 1. The number of aliphatic carboxylic acids is 1. The van der Waals surface area contributed by atoms with Crippen molar-refractivity contribution in [3.8, 4) is 0 Å². The van der Waals surface area contributed by atoms with Gasteiger partial charge >= 0.3 is 5.97 Å². The summed E-state index contributed by atoms with van der Waals surface area (Å²) in [5.41, 5.74) is 0. The number of furan rings is 1. The van der Waals surface area contributed by atoms with Gasteiger partial charge in [0.15, 0.2) is 0 Å². The zero-order chi connectivity index (χ0) is 19.5. The van der Waals surface area contributed by atoms with E-state index in [2.05, 4.69) is 0 Å². The average Bonchev–Trinajstić information content (AvgIpc) is 3.27. The summed E-state index contributed by atoms with van der Waals surface area (Å²) in [5, 5.41) is 18.7. The molecule has 3 atom stereocenters. The third kappa shape index (κ3) is 7.95. The van der Waals surface area contributed by atoms with Gasteiger partial charge in [-0.25, -0.2) is 0 Å². The van der Waals surface area contributed by atoms with Crippen molar-refractivity contribution in [1.29, 1.82) is 0 Å². The lowest BCUT2D eigenvalue weighted by Gasteiger charge is -2.15. The van der Waals surface area contributed by atoms with Crippen molar-refractivity contribution >= 4 is 11.8 Å². The molecule has 0 unspecified atom stereocenters. The monoisotopic (exact) mass is 374 g/mol. The Bertz CT molecular complexity index is 629. The summed E-state index contributed by atoms with van der Waals surface area (Å²) in [5.74, 6) is 0.673. The fraction of sp³-hybridized carbons (Fsp3) is 0.545. The molecule has 0 aromatic carbocycles. The van der Waals surface area contributed by atoms with Gasteiger partial charge in [0.25, 0.3) is 0 Å². The number of carboxylic acids is 1. The molecule has 0 amide bonds. The molecule has 2 N–H and O–H groups in total. The SMILES string of the molecule is O=C(O)CC/C=C\CCC[C@H]1C(=O)CC[C@@H]1/C=C/[C@H](O)CCc1ccco1. The summed E-state index contributed by atoms with van der Waals surface area (Å²) in [4.78, 5) is 22.6. The zero-order valence-electron chi connectivity index (χ0n) is 15.8. The van der Waals surface area contributed by atoms with E-state index in [1.165, 1.54) is 0 Å². The Morgan fingerprint density at radius 3 is 2.89 bits per heavy atom. The van der Waals surface area contributed by atoms with Crippen molar-refractivity contribution in [1.82, 2.24) is 0 Å². The standard InChI is InChI=1S/C22H30O5/c23-18(13-14-19-7-6-16-27-19)12-10-17-11-15-21(24)20(17)8-4-2-1-3-5-9-22(25)26/h1,3,6-7,10,12,16-18,20,23H,2,4-5,8-9,11,13-15H2,(H,25,26)/b3-1-,12-10+/t17-,18-,20+/m0/s1. The minimum Gasteiger partial charge on any atom is -0.481 e. The molecule has 1 heterocycles. The number of aryl methyl sites for hydroxylation is 1. The number of hydrogen-bond donors (Lipinski definition) is 2. The van der Waals surface area contributed by atoms with Gasteiger partial charge < -0.3 is 14.6 Å². The molecule has 0 spiro atoms. The molecule has 1 aliphatic rings. The van der Waals surface area contributed by atoms with Crippen molar-refractivity contribution < 1.29 is 24.2 Å². The van der Waals surface area contributed by atoms with Gasteiger partial charge in [0, 0.05) is 25.2 Å². The maximum Gasteiger partial charge on any atom is 0.303 e. The maximum absolute atomic E-state index is 12.2. The molecule has 0 saturated heterocycles. The second-order valence-electron chi connectivity index (χ2n) is 7.18. The third-order valence-electron chi connectivity index (χ3n) is 5.08. The predicted octanol–water partition coefficient (Wildman–Crippen LogP) is 4.32. The van der Waals surface area contributed by atoms with E-state index in [0.29, 0.717) is 31.5 Å². The Hall–Kier alpha value is -2.14. The van der Waals surface area contributed by atoms with E-state index in [0.717, 1.165) is 31.4 Å². The van der Waals surface area contributed by atoms with Gasteiger partial charge in [-0.15, -0.1) is 0 Å². The first kappa shape index (κ1) is 21.2. The summed E-state index contributed by atoms with van der Waals surface area (Å²) >= 11 is 0. The minimum atomic E-state index is -0.780. The predicted molar refractivity (Wildman–Crippen MR) is 103 cm³/mol. The van der Waals surface area contributed by atoms with Gasteiger partial charge in [-0.1, -0.05) is 24.3 Å². The Morgan fingerprint density at radius 2 is 2.15 bits per heavy atom.